The van der Waals surface area contributed by atoms with E-state index in [2.05, 4.69) is 13.8 Å². The van der Waals surface area contributed by atoms with Gasteiger partial charge in [-0.05, 0) is 67.7 Å². The van der Waals surface area contributed by atoms with Crippen molar-refractivity contribution in [3.8, 4) is 11.5 Å². The zero-order valence-corrected chi connectivity index (χ0v) is 24.7. The van der Waals surface area contributed by atoms with Crippen molar-refractivity contribution in [3.05, 3.63) is 59.7 Å². The molecular weight excluding hydrogens is 524 g/mol. The first-order chi connectivity index (χ1) is 19.7. The van der Waals surface area contributed by atoms with E-state index in [0.29, 0.717) is 17.6 Å². The summed E-state index contributed by atoms with van der Waals surface area (Å²) in [6.45, 7) is 8.64. The fourth-order valence-electron chi connectivity index (χ4n) is 7.42. The molecule has 4 saturated heterocycles. The molecule has 0 N–H and O–H groups in total. The molecule has 222 valence electrons. The molecule has 1 unspecified atom stereocenters. The van der Waals surface area contributed by atoms with E-state index in [4.69, 9.17) is 33.5 Å². The summed E-state index contributed by atoms with van der Waals surface area (Å²) in [5.41, 5.74) is 1.28. The summed E-state index contributed by atoms with van der Waals surface area (Å²) in [5, 5.41) is 0. The lowest BCUT2D eigenvalue weighted by Crippen LogP contribution is -2.70. The quantitative estimate of drug-likeness (QED) is 0.264. The Morgan fingerprint density at radius 3 is 2.59 bits per heavy atom. The molecule has 4 heterocycles. The van der Waals surface area contributed by atoms with Crippen molar-refractivity contribution in [1.82, 2.24) is 0 Å². The lowest BCUT2D eigenvalue weighted by atomic mass is 9.58. The van der Waals surface area contributed by atoms with Crippen molar-refractivity contribution < 1.29 is 38.3 Å². The van der Waals surface area contributed by atoms with Crippen molar-refractivity contribution in [3.63, 3.8) is 0 Å². The highest BCUT2D eigenvalue weighted by Gasteiger charge is 2.69. The van der Waals surface area contributed by atoms with Crippen LogP contribution in [0.3, 0.4) is 0 Å². The molecule has 2 aromatic carbocycles. The third-order valence-corrected chi connectivity index (χ3v) is 9.85. The second-order valence-electron chi connectivity index (χ2n) is 12.5. The number of hydrogen-bond donors (Lipinski definition) is 0. The van der Waals surface area contributed by atoms with Gasteiger partial charge in [0.2, 0.25) is 12.1 Å². The number of hydrogen-bond acceptors (Lipinski definition) is 8. The van der Waals surface area contributed by atoms with Crippen molar-refractivity contribution >= 4 is 5.97 Å². The first-order valence-electron chi connectivity index (χ1n) is 15.0. The average Bonchev–Trinajstić information content (AvgIpc) is 3.20. The van der Waals surface area contributed by atoms with Crippen molar-refractivity contribution in [2.45, 2.75) is 96.3 Å². The fraction of sp³-hybridized carbons (Fsp3) is 0.606. The molecule has 0 radical (unpaired) electrons. The number of esters is 1. The average molecular weight is 567 g/mol. The molecule has 8 heteroatoms. The number of carbonyl (C=O) groups excluding carboxylic acids is 1. The van der Waals surface area contributed by atoms with E-state index in [0.717, 1.165) is 42.6 Å². The molecule has 4 aliphatic heterocycles. The van der Waals surface area contributed by atoms with Crippen LogP contribution in [0.1, 0.15) is 76.8 Å². The number of para-hydroxylation sites is 1. The Balaban J connectivity index is 1.09. The molecule has 1 aliphatic carbocycles. The monoisotopic (exact) mass is 566 g/mol. The predicted octanol–water partition coefficient (Wildman–Crippen LogP) is 6.52. The zero-order chi connectivity index (χ0) is 28.8. The van der Waals surface area contributed by atoms with Gasteiger partial charge >= 0.3 is 5.97 Å². The highest BCUT2D eigenvalue weighted by Crippen LogP contribution is 2.60. The standard InChI is InChI=1S/C33H42O8/c1-20-10-15-27-22(3)30(38-31-33(27)26(20)16-17-32(4,39-31)40-41-33)37-25-13-11-23(12-14-25)21(2)18-29(34)36-19-24-8-6-7-9-28(24)35-5/h6-9,11-14,20-22,26-27,30-31H,10,15-19H2,1-5H3/t20-,21?,22-,26+,27+,30+,31-,32+,33-/m1/s1. The molecule has 1 spiro atoms. The van der Waals surface area contributed by atoms with Crippen LogP contribution in [0.25, 0.3) is 0 Å². The Kier molecular flexibility index (Phi) is 7.78. The van der Waals surface area contributed by atoms with Crippen LogP contribution >= 0.6 is 0 Å². The van der Waals surface area contributed by atoms with Crippen LogP contribution in [-0.4, -0.2) is 37.0 Å². The van der Waals surface area contributed by atoms with Crippen LogP contribution in [0.5, 0.6) is 11.5 Å². The van der Waals surface area contributed by atoms with Gasteiger partial charge in [-0.25, -0.2) is 9.78 Å². The van der Waals surface area contributed by atoms with Crippen LogP contribution in [0.15, 0.2) is 48.5 Å². The molecule has 5 fully saturated rings. The van der Waals surface area contributed by atoms with Crippen LogP contribution in [0.4, 0.5) is 0 Å². The molecule has 0 aromatic heterocycles. The summed E-state index contributed by atoms with van der Waals surface area (Å²) < 4.78 is 30.3. The minimum absolute atomic E-state index is 0.00655. The summed E-state index contributed by atoms with van der Waals surface area (Å²) >= 11 is 0. The molecule has 2 bridgehead atoms. The Morgan fingerprint density at radius 1 is 1.02 bits per heavy atom. The molecular formula is C33H42O8. The number of benzene rings is 2. The van der Waals surface area contributed by atoms with Crippen molar-refractivity contribution in [2.75, 3.05) is 7.11 Å². The second-order valence-corrected chi connectivity index (χ2v) is 12.5. The topological polar surface area (TPSA) is 81.7 Å². The number of carbonyl (C=O) groups is 1. The summed E-state index contributed by atoms with van der Waals surface area (Å²) in [6.07, 6.45) is 3.22. The Morgan fingerprint density at radius 2 is 1.80 bits per heavy atom. The van der Waals surface area contributed by atoms with Gasteiger partial charge in [-0.1, -0.05) is 51.1 Å². The maximum atomic E-state index is 12.6. The highest BCUT2D eigenvalue weighted by molar-refractivity contribution is 5.70. The van der Waals surface area contributed by atoms with E-state index < -0.39 is 24.0 Å². The molecule has 41 heavy (non-hydrogen) atoms. The van der Waals surface area contributed by atoms with E-state index in [-0.39, 0.29) is 36.8 Å². The highest BCUT2D eigenvalue weighted by atomic mass is 17.3. The van der Waals surface area contributed by atoms with E-state index >= 15 is 0 Å². The van der Waals surface area contributed by atoms with Gasteiger partial charge in [-0.15, -0.1) is 0 Å². The van der Waals surface area contributed by atoms with Gasteiger partial charge in [-0.2, -0.15) is 0 Å². The van der Waals surface area contributed by atoms with Gasteiger partial charge in [0.15, 0.2) is 11.9 Å². The Bertz CT molecular complexity index is 1230. The predicted molar refractivity (Wildman–Crippen MR) is 150 cm³/mol. The lowest BCUT2D eigenvalue weighted by Gasteiger charge is -2.60. The van der Waals surface area contributed by atoms with Gasteiger partial charge in [0.25, 0.3) is 0 Å². The zero-order valence-electron chi connectivity index (χ0n) is 24.7. The normalized spacial score (nSPS) is 36.5. The maximum absolute atomic E-state index is 12.6. The molecule has 7 rings (SSSR count). The molecule has 1 saturated carbocycles. The molecule has 2 aromatic rings. The fourth-order valence-corrected chi connectivity index (χ4v) is 7.42. The first kappa shape index (κ1) is 28.5. The minimum Gasteiger partial charge on any atom is -0.496 e. The summed E-state index contributed by atoms with van der Waals surface area (Å²) in [7, 11) is 1.61. The van der Waals surface area contributed by atoms with Gasteiger partial charge in [0.05, 0.1) is 13.5 Å². The number of ether oxygens (including phenoxy) is 5. The summed E-state index contributed by atoms with van der Waals surface area (Å²) in [5.74, 6) is 1.49. The van der Waals surface area contributed by atoms with Crippen LogP contribution in [0.2, 0.25) is 0 Å². The number of methoxy groups -OCH3 is 1. The third kappa shape index (κ3) is 5.24. The van der Waals surface area contributed by atoms with Gasteiger partial charge in [0, 0.05) is 23.8 Å². The largest absolute Gasteiger partial charge is 0.496 e. The van der Waals surface area contributed by atoms with Crippen LogP contribution in [0, 0.1) is 23.7 Å². The smallest absolute Gasteiger partial charge is 0.306 e. The lowest BCUT2D eigenvalue weighted by molar-refractivity contribution is -0.575. The molecule has 9 atom stereocenters. The molecule has 8 nitrogen and oxygen atoms in total. The van der Waals surface area contributed by atoms with E-state index in [1.807, 2.05) is 62.4 Å². The third-order valence-electron chi connectivity index (χ3n) is 9.85. The summed E-state index contributed by atoms with van der Waals surface area (Å²) in [6, 6.07) is 15.4. The number of rotatable bonds is 8. The molecule has 0 amide bonds. The van der Waals surface area contributed by atoms with Gasteiger partial charge in [-0.3, -0.25) is 4.79 Å². The van der Waals surface area contributed by atoms with E-state index in [9.17, 15) is 4.79 Å². The number of fused-ring (bicyclic) bond motifs is 2. The van der Waals surface area contributed by atoms with Crippen LogP contribution in [-0.2, 0) is 35.4 Å². The minimum atomic E-state index is -0.811. The Hall–Kier alpha value is -2.65. The van der Waals surface area contributed by atoms with E-state index in [1.54, 1.807) is 7.11 Å². The van der Waals surface area contributed by atoms with E-state index in [1.165, 1.54) is 0 Å². The molecule has 5 aliphatic rings. The maximum Gasteiger partial charge on any atom is 0.306 e. The second kappa shape index (κ2) is 11.2. The first-order valence-corrected chi connectivity index (χ1v) is 15.0. The van der Waals surface area contributed by atoms with Crippen molar-refractivity contribution in [1.29, 1.82) is 0 Å². The van der Waals surface area contributed by atoms with Crippen LogP contribution < -0.4 is 9.47 Å². The van der Waals surface area contributed by atoms with Gasteiger partial charge < -0.3 is 23.7 Å². The summed E-state index contributed by atoms with van der Waals surface area (Å²) in [4.78, 5) is 24.7. The Labute approximate surface area is 242 Å². The van der Waals surface area contributed by atoms with Gasteiger partial charge in [0.1, 0.15) is 18.1 Å². The SMILES string of the molecule is COc1ccccc1COC(=O)CC(C)c1ccc(O[C@H]2O[C@@H]3O[C@]4(C)CC[C@H]5[C@H](C)CC[C@@H]([C@H]2C)[C@@]35OO4)cc1. The van der Waals surface area contributed by atoms with Crippen molar-refractivity contribution in [2.24, 2.45) is 23.7 Å².